The summed E-state index contributed by atoms with van der Waals surface area (Å²) in [6.07, 6.45) is 0.756. The first-order chi connectivity index (χ1) is 9.05. The third-order valence-electron chi connectivity index (χ3n) is 2.59. The predicted octanol–water partition coefficient (Wildman–Crippen LogP) is 1.12. The molecule has 0 aliphatic rings. The Morgan fingerprint density at radius 2 is 2.05 bits per heavy atom. The standard InChI is InChI=1S/C13H20N2O3S/c1-3-10(14)8-19(17)9-13(16)15-11-4-6-12(18-2)7-5-11/h4-7,10H,3,8-9,14H2,1-2H3,(H,15,16). The van der Waals surface area contributed by atoms with Crippen molar-refractivity contribution in [2.45, 2.75) is 19.4 Å². The van der Waals surface area contributed by atoms with Gasteiger partial charge >= 0.3 is 0 Å². The minimum absolute atomic E-state index is 0.0280. The molecular formula is C13H20N2O3S. The van der Waals surface area contributed by atoms with Crippen LogP contribution in [-0.2, 0) is 15.6 Å². The summed E-state index contributed by atoms with van der Waals surface area (Å²) in [6.45, 7) is 1.93. The molecule has 0 bridgehead atoms. The maximum Gasteiger partial charge on any atom is 0.236 e. The topological polar surface area (TPSA) is 81.4 Å². The molecule has 106 valence electrons. The molecule has 1 aromatic rings. The molecule has 2 atom stereocenters. The molecule has 3 N–H and O–H groups in total. The van der Waals surface area contributed by atoms with Crippen LogP contribution in [0, 0.1) is 0 Å². The van der Waals surface area contributed by atoms with Crippen molar-refractivity contribution in [3.63, 3.8) is 0 Å². The van der Waals surface area contributed by atoms with Crippen molar-refractivity contribution >= 4 is 22.4 Å². The Hall–Kier alpha value is -1.40. The predicted molar refractivity (Wildman–Crippen MR) is 77.8 cm³/mol. The van der Waals surface area contributed by atoms with E-state index in [-0.39, 0.29) is 17.7 Å². The van der Waals surface area contributed by atoms with Crippen molar-refractivity contribution in [1.82, 2.24) is 0 Å². The second-order valence-corrected chi connectivity index (χ2v) is 5.70. The molecule has 0 radical (unpaired) electrons. The van der Waals surface area contributed by atoms with Crippen molar-refractivity contribution in [2.24, 2.45) is 5.73 Å². The van der Waals surface area contributed by atoms with E-state index in [0.717, 1.165) is 12.2 Å². The number of hydrogen-bond donors (Lipinski definition) is 2. The highest BCUT2D eigenvalue weighted by molar-refractivity contribution is 7.85. The molecule has 0 aliphatic carbocycles. The number of ether oxygens (including phenoxy) is 1. The van der Waals surface area contributed by atoms with Crippen molar-refractivity contribution in [3.8, 4) is 5.75 Å². The molecule has 0 aromatic heterocycles. The molecule has 1 rings (SSSR count). The Morgan fingerprint density at radius 1 is 1.42 bits per heavy atom. The number of hydrogen-bond acceptors (Lipinski definition) is 4. The van der Waals surface area contributed by atoms with E-state index in [9.17, 15) is 9.00 Å². The number of nitrogens with one attached hydrogen (secondary N) is 1. The van der Waals surface area contributed by atoms with Crippen molar-refractivity contribution in [2.75, 3.05) is 23.9 Å². The highest BCUT2D eigenvalue weighted by atomic mass is 32.2. The number of anilines is 1. The molecule has 6 heteroatoms. The van der Waals surface area contributed by atoms with Crippen molar-refractivity contribution < 1.29 is 13.7 Å². The van der Waals surface area contributed by atoms with Gasteiger partial charge in [-0.2, -0.15) is 0 Å². The molecule has 0 heterocycles. The molecule has 1 aromatic carbocycles. The van der Waals surface area contributed by atoms with E-state index in [2.05, 4.69) is 5.32 Å². The quantitative estimate of drug-likeness (QED) is 0.786. The highest BCUT2D eigenvalue weighted by Gasteiger charge is 2.11. The van der Waals surface area contributed by atoms with Crippen LogP contribution in [0.5, 0.6) is 5.75 Å². The Bertz CT molecular complexity index is 434. The number of rotatable bonds is 7. The van der Waals surface area contributed by atoms with Crippen LogP contribution < -0.4 is 15.8 Å². The third-order valence-corrected chi connectivity index (χ3v) is 3.97. The van der Waals surface area contributed by atoms with Crippen LogP contribution in [0.25, 0.3) is 0 Å². The average Bonchev–Trinajstić information content (AvgIpc) is 2.39. The van der Waals surface area contributed by atoms with Gasteiger partial charge in [0.15, 0.2) is 0 Å². The van der Waals surface area contributed by atoms with Gasteiger partial charge in [-0.1, -0.05) is 6.92 Å². The van der Waals surface area contributed by atoms with Crippen LogP contribution in [0.3, 0.4) is 0 Å². The van der Waals surface area contributed by atoms with Gasteiger partial charge in [0, 0.05) is 28.3 Å². The van der Waals surface area contributed by atoms with E-state index >= 15 is 0 Å². The van der Waals surface area contributed by atoms with Crippen LogP contribution >= 0.6 is 0 Å². The molecule has 0 spiro atoms. The fourth-order valence-electron chi connectivity index (χ4n) is 1.43. The second-order valence-electron chi connectivity index (χ2n) is 4.20. The lowest BCUT2D eigenvalue weighted by Gasteiger charge is -2.09. The van der Waals surface area contributed by atoms with Gasteiger partial charge in [-0.3, -0.25) is 9.00 Å². The lowest BCUT2D eigenvalue weighted by molar-refractivity contribution is -0.113. The molecule has 0 fully saturated rings. The van der Waals surface area contributed by atoms with E-state index in [0.29, 0.717) is 11.4 Å². The van der Waals surface area contributed by atoms with Crippen LogP contribution in [0.4, 0.5) is 5.69 Å². The van der Waals surface area contributed by atoms with E-state index in [1.54, 1.807) is 31.4 Å². The minimum atomic E-state index is -1.22. The SMILES string of the molecule is CCC(N)CS(=O)CC(=O)Nc1ccc(OC)cc1. The monoisotopic (exact) mass is 284 g/mol. The Morgan fingerprint density at radius 3 is 2.58 bits per heavy atom. The second kappa shape index (κ2) is 7.91. The van der Waals surface area contributed by atoms with Gasteiger partial charge in [0.05, 0.1) is 7.11 Å². The maximum absolute atomic E-state index is 11.7. The van der Waals surface area contributed by atoms with Crippen LogP contribution in [0.15, 0.2) is 24.3 Å². The largest absolute Gasteiger partial charge is 0.497 e. The van der Waals surface area contributed by atoms with Gasteiger partial charge in [-0.05, 0) is 30.7 Å². The molecule has 1 amide bonds. The zero-order valence-corrected chi connectivity index (χ0v) is 12.0. The number of amides is 1. The maximum atomic E-state index is 11.7. The van der Waals surface area contributed by atoms with Crippen LogP contribution in [-0.4, -0.2) is 34.8 Å². The third kappa shape index (κ3) is 5.85. The van der Waals surface area contributed by atoms with Gasteiger partial charge in [0.25, 0.3) is 0 Å². The first kappa shape index (κ1) is 15.7. The normalized spacial score (nSPS) is 13.6. The van der Waals surface area contributed by atoms with Crippen molar-refractivity contribution in [3.05, 3.63) is 24.3 Å². The van der Waals surface area contributed by atoms with Gasteiger partial charge in [0.2, 0.25) is 5.91 Å². The fraction of sp³-hybridized carbons (Fsp3) is 0.462. The Kier molecular flexibility index (Phi) is 6.52. The number of carbonyl (C=O) groups is 1. The van der Waals surface area contributed by atoms with Gasteiger partial charge in [-0.15, -0.1) is 0 Å². The first-order valence-corrected chi connectivity index (χ1v) is 7.58. The Balaban J connectivity index is 2.43. The number of methoxy groups -OCH3 is 1. The smallest absolute Gasteiger partial charge is 0.236 e. The molecule has 5 nitrogen and oxygen atoms in total. The summed E-state index contributed by atoms with van der Waals surface area (Å²) in [4.78, 5) is 11.7. The van der Waals surface area contributed by atoms with E-state index < -0.39 is 10.8 Å². The summed E-state index contributed by atoms with van der Waals surface area (Å²) in [5.41, 5.74) is 6.35. The average molecular weight is 284 g/mol. The summed E-state index contributed by atoms with van der Waals surface area (Å²) in [6, 6.07) is 6.85. The summed E-state index contributed by atoms with van der Waals surface area (Å²) < 4.78 is 16.7. The molecule has 0 saturated heterocycles. The van der Waals surface area contributed by atoms with Crippen LogP contribution in [0.1, 0.15) is 13.3 Å². The first-order valence-electron chi connectivity index (χ1n) is 6.09. The number of benzene rings is 1. The van der Waals surface area contributed by atoms with Crippen molar-refractivity contribution in [1.29, 1.82) is 0 Å². The summed E-state index contributed by atoms with van der Waals surface area (Å²) in [5, 5.41) is 2.69. The summed E-state index contributed by atoms with van der Waals surface area (Å²) in [7, 11) is 0.356. The van der Waals surface area contributed by atoms with E-state index in [1.807, 2.05) is 6.92 Å². The minimum Gasteiger partial charge on any atom is -0.497 e. The van der Waals surface area contributed by atoms with E-state index in [4.69, 9.17) is 10.5 Å². The lowest BCUT2D eigenvalue weighted by atomic mass is 10.3. The summed E-state index contributed by atoms with van der Waals surface area (Å²) >= 11 is 0. The highest BCUT2D eigenvalue weighted by Crippen LogP contribution is 2.14. The Labute approximate surface area is 116 Å². The molecular weight excluding hydrogens is 264 g/mol. The molecule has 19 heavy (non-hydrogen) atoms. The van der Waals surface area contributed by atoms with Gasteiger partial charge in [0.1, 0.15) is 11.5 Å². The molecule has 0 aliphatic heterocycles. The fourth-order valence-corrected chi connectivity index (χ4v) is 2.63. The molecule has 0 saturated carbocycles. The van der Waals surface area contributed by atoms with E-state index in [1.165, 1.54) is 0 Å². The number of nitrogens with two attached hydrogens (primary N) is 1. The van der Waals surface area contributed by atoms with Gasteiger partial charge in [-0.25, -0.2) is 0 Å². The number of carbonyl (C=O) groups excluding carboxylic acids is 1. The molecule has 2 unspecified atom stereocenters. The summed E-state index contributed by atoms with van der Waals surface area (Å²) in [5.74, 6) is 0.772. The lowest BCUT2D eigenvalue weighted by Crippen LogP contribution is -2.30. The van der Waals surface area contributed by atoms with Gasteiger partial charge < -0.3 is 15.8 Å². The zero-order valence-electron chi connectivity index (χ0n) is 11.2. The van der Waals surface area contributed by atoms with Crippen LogP contribution in [0.2, 0.25) is 0 Å². The zero-order chi connectivity index (χ0) is 14.3.